The van der Waals surface area contributed by atoms with Crippen LogP contribution in [0.4, 0.5) is 0 Å². The van der Waals surface area contributed by atoms with E-state index >= 15 is 0 Å². The molecular formula is C4H4N4. The Kier molecular flexibility index (Phi) is 3.09. The Balaban J connectivity index is 3.82. The number of hydrogen-bond acceptors (Lipinski definition) is 4. The first-order chi connectivity index (χ1) is 3.85. The fraction of sp³-hybridized carbons (Fsp3) is 0.500. The number of nitrogens with zero attached hydrogens (tertiary/aromatic N) is 4. The Bertz CT molecular complexity index is 144. The van der Waals surface area contributed by atoms with E-state index in [-0.39, 0.29) is 0 Å². The largest absolute Gasteiger partial charge is 0.242 e. The molecule has 0 aromatic rings. The van der Waals surface area contributed by atoms with E-state index in [2.05, 4.69) is 10.2 Å². The zero-order valence-corrected chi connectivity index (χ0v) is 4.37. The van der Waals surface area contributed by atoms with Crippen LogP contribution in [0.5, 0.6) is 0 Å². The highest BCUT2D eigenvalue weighted by molar-refractivity contribution is 5.05. The van der Waals surface area contributed by atoms with Gasteiger partial charge in [0.15, 0.2) is 0 Å². The van der Waals surface area contributed by atoms with Gasteiger partial charge in [0, 0.05) is 7.05 Å². The third-order valence-electron chi connectivity index (χ3n) is 0.476. The maximum atomic E-state index is 8.03. The van der Waals surface area contributed by atoms with E-state index in [1.807, 2.05) is 0 Å². The van der Waals surface area contributed by atoms with Gasteiger partial charge in [-0.25, -0.2) is 0 Å². The molecule has 0 heterocycles. The maximum absolute atomic E-state index is 8.03. The van der Waals surface area contributed by atoms with Crippen LogP contribution >= 0.6 is 0 Å². The predicted molar refractivity (Wildman–Crippen MR) is 25.8 cm³/mol. The summed E-state index contributed by atoms with van der Waals surface area (Å²) in [6.07, 6.45) is 0. The first-order valence-corrected chi connectivity index (χ1v) is 1.93. The Morgan fingerprint density at radius 3 is 2.00 bits per heavy atom. The average Bonchev–Trinajstić information content (AvgIpc) is 1.83. The van der Waals surface area contributed by atoms with Crippen LogP contribution in [0.2, 0.25) is 0 Å². The molecule has 0 aromatic heterocycles. The maximum Gasteiger partial charge on any atom is 0.242 e. The molecule has 0 rings (SSSR count). The van der Waals surface area contributed by atoms with Crippen molar-refractivity contribution < 1.29 is 0 Å². The SMILES string of the molecule is CN=NC(C#N)C#N. The van der Waals surface area contributed by atoms with Crippen molar-refractivity contribution in [3.63, 3.8) is 0 Å². The molecule has 0 saturated carbocycles. The molecule has 0 bridgehead atoms. The van der Waals surface area contributed by atoms with E-state index < -0.39 is 6.04 Å². The minimum absolute atomic E-state index is 0.931. The van der Waals surface area contributed by atoms with Crippen molar-refractivity contribution in [1.29, 1.82) is 10.5 Å². The van der Waals surface area contributed by atoms with Crippen LogP contribution in [0, 0.1) is 22.7 Å². The van der Waals surface area contributed by atoms with Gasteiger partial charge in [-0.1, -0.05) is 0 Å². The summed E-state index contributed by atoms with van der Waals surface area (Å²) in [4.78, 5) is 0. The molecule has 0 N–H and O–H groups in total. The average molecular weight is 108 g/mol. The second-order valence-electron chi connectivity index (χ2n) is 0.976. The predicted octanol–water partition coefficient (Wildman–Crippen LogP) is 0.484. The molecule has 0 atom stereocenters. The quantitative estimate of drug-likeness (QED) is 0.458. The zero-order valence-electron chi connectivity index (χ0n) is 4.37. The van der Waals surface area contributed by atoms with Gasteiger partial charge in [0.2, 0.25) is 6.04 Å². The fourth-order valence-corrected chi connectivity index (χ4v) is 0.196. The lowest BCUT2D eigenvalue weighted by Crippen LogP contribution is -1.92. The number of azo groups is 1. The van der Waals surface area contributed by atoms with Gasteiger partial charge in [-0.05, 0) is 0 Å². The van der Waals surface area contributed by atoms with Gasteiger partial charge in [-0.3, -0.25) is 0 Å². The zero-order chi connectivity index (χ0) is 6.41. The van der Waals surface area contributed by atoms with Crippen molar-refractivity contribution in [3.05, 3.63) is 0 Å². The second-order valence-corrected chi connectivity index (χ2v) is 0.976. The summed E-state index contributed by atoms with van der Waals surface area (Å²) in [7, 11) is 1.42. The van der Waals surface area contributed by atoms with Crippen LogP contribution < -0.4 is 0 Å². The molecule has 4 heteroatoms. The first-order valence-electron chi connectivity index (χ1n) is 1.93. The summed E-state index contributed by atoms with van der Waals surface area (Å²) in [5.74, 6) is 0. The molecule has 0 aromatic carbocycles. The lowest BCUT2D eigenvalue weighted by molar-refractivity contribution is 0.926. The van der Waals surface area contributed by atoms with Crippen LogP contribution in [-0.4, -0.2) is 13.1 Å². The van der Waals surface area contributed by atoms with Crippen molar-refractivity contribution in [2.45, 2.75) is 6.04 Å². The summed E-state index contributed by atoms with van der Waals surface area (Å²) >= 11 is 0. The standard InChI is InChI=1S/C4H4N4/c1-7-8-4(2-5)3-6/h4H,1H3. The van der Waals surface area contributed by atoms with Gasteiger partial charge in [0.05, 0.1) is 0 Å². The van der Waals surface area contributed by atoms with E-state index in [0.717, 1.165) is 0 Å². The Labute approximate surface area is 47.1 Å². The number of hydrogen-bond donors (Lipinski definition) is 0. The first kappa shape index (κ1) is 6.58. The molecule has 4 nitrogen and oxygen atoms in total. The molecule has 0 amide bonds. The minimum Gasteiger partial charge on any atom is -0.195 e. The third kappa shape index (κ3) is 1.89. The van der Waals surface area contributed by atoms with Crippen molar-refractivity contribution in [2.75, 3.05) is 7.05 Å². The van der Waals surface area contributed by atoms with Gasteiger partial charge < -0.3 is 0 Å². The van der Waals surface area contributed by atoms with E-state index in [1.54, 1.807) is 12.1 Å². The van der Waals surface area contributed by atoms with Gasteiger partial charge in [-0.15, -0.1) is 0 Å². The molecule has 40 valence electrons. The molecular weight excluding hydrogens is 104 g/mol. The molecule has 0 aliphatic rings. The highest BCUT2D eigenvalue weighted by atomic mass is 15.1. The van der Waals surface area contributed by atoms with Crippen molar-refractivity contribution in [2.24, 2.45) is 10.2 Å². The Morgan fingerprint density at radius 2 is 1.88 bits per heavy atom. The van der Waals surface area contributed by atoms with Crippen LogP contribution in [0.15, 0.2) is 10.2 Å². The third-order valence-corrected chi connectivity index (χ3v) is 0.476. The van der Waals surface area contributed by atoms with Crippen molar-refractivity contribution in [3.8, 4) is 12.1 Å². The lowest BCUT2D eigenvalue weighted by Gasteiger charge is -1.80. The second kappa shape index (κ2) is 3.76. The van der Waals surface area contributed by atoms with Crippen LogP contribution in [-0.2, 0) is 0 Å². The number of rotatable bonds is 1. The fourth-order valence-electron chi connectivity index (χ4n) is 0.196. The smallest absolute Gasteiger partial charge is 0.195 e. The molecule has 8 heavy (non-hydrogen) atoms. The topological polar surface area (TPSA) is 72.3 Å². The van der Waals surface area contributed by atoms with E-state index in [0.29, 0.717) is 0 Å². The lowest BCUT2D eigenvalue weighted by atomic mass is 10.4. The normalized spacial score (nSPS) is 9.00. The van der Waals surface area contributed by atoms with Crippen LogP contribution in [0.1, 0.15) is 0 Å². The Morgan fingerprint density at radius 1 is 1.38 bits per heavy atom. The minimum atomic E-state index is -0.931. The van der Waals surface area contributed by atoms with Crippen molar-refractivity contribution >= 4 is 0 Å². The van der Waals surface area contributed by atoms with Gasteiger partial charge in [0.25, 0.3) is 0 Å². The van der Waals surface area contributed by atoms with Gasteiger partial charge >= 0.3 is 0 Å². The molecule has 0 fully saturated rings. The summed E-state index contributed by atoms with van der Waals surface area (Å²) < 4.78 is 0. The molecule has 0 radical (unpaired) electrons. The highest BCUT2D eigenvalue weighted by Crippen LogP contribution is 1.84. The molecule has 0 unspecified atom stereocenters. The van der Waals surface area contributed by atoms with Gasteiger partial charge in [-0.2, -0.15) is 20.8 Å². The Hall–Kier alpha value is -1.42. The summed E-state index contributed by atoms with van der Waals surface area (Å²) in [6, 6.07) is 2.33. The summed E-state index contributed by atoms with van der Waals surface area (Å²) in [5.41, 5.74) is 0. The number of nitriles is 2. The molecule has 0 aliphatic heterocycles. The molecule has 0 saturated heterocycles. The molecule has 0 spiro atoms. The van der Waals surface area contributed by atoms with Crippen molar-refractivity contribution in [1.82, 2.24) is 0 Å². The molecule has 0 aliphatic carbocycles. The monoisotopic (exact) mass is 108 g/mol. The van der Waals surface area contributed by atoms with Crippen LogP contribution in [0.3, 0.4) is 0 Å². The highest BCUT2D eigenvalue weighted by Gasteiger charge is 1.97. The van der Waals surface area contributed by atoms with Crippen LogP contribution in [0.25, 0.3) is 0 Å². The van der Waals surface area contributed by atoms with Gasteiger partial charge in [0.1, 0.15) is 12.1 Å². The van der Waals surface area contributed by atoms with E-state index in [9.17, 15) is 0 Å². The summed E-state index contributed by atoms with van der Waals surface area (Å²) in [6.45, 7) is 0. The summed E-state index contributed by atoms with van der Waals surface area (Å²) in [5, 5.41) is 22.6. The van der Waals surface area contributed by atoms with E-state index in [4.69, 9.17) is 10.5 Å². The van der Waals surface area contributed by atoms with E-state index in [1.165, 1.54) is 7.05 Å².